The highest BCUT2D eigenvalue weighted by Gasteiger charge is 2.16. The number of para-hydroxylation sites is 1. The number of carbonyl (C=O) groups excluding carboxylic acids is 1. The number of benzene rings is 2. The molecule has 0 radical (unpaired) electrons. The highest BCUT2D eigenvalue weighted by atomic mass is 35.5. The van der Waals surface area contributed by atoms with E-state index in [1.54, 1.807) is 43.8 Å². The summed E-state index contributed by atoms with van der Waals surface area (Å²) in [5, 5.41) is 8.24. The van der Waals surface area contributed by atoms with Crippen LogP contribution in [0.15, 0.2) is 79.1 Å². The zero-order chi connectivity index (χ0) is 22.3. The van der Waals surface area contributed by atoms with Crippen molar-refractivity contribution in [3.8, 4) is 17.1 Å². The zero-order valence-corrected chi connectivity index (χ0v) is 18.0. The predicted octanol–water partition coefficient (Wildman–Crippen LogP) is 4.97. The van der Waals surface area contributed by atoms with E-state index >= 15 is 0 Å². The Bertz CT molecular complexity index is 1240. The van der Waals surface area contributed by atoms with Crippen LogP contribution in [0.5, 0.6) is 5.75 Å². The first-order chi connectivity index (χ1) is 15.6. The molecule has 0 spiro atoms. The highest BCUT2D eigenvalue weighted by Crippen LogP contribution is 2.21. The molecule has 7 nitrogen and oxygen atoms in total. The van der Waals surface area contributed by atoms with Gasteiger partial charge in [-0.1, -0.05) is 41.9 Å². The molecule has 2 aromatic heterocycles. The van der Waals surface area contributed by atoms with E-state index in [0.717, 1.165) is 16.9 Å². The summed E-state index contributed by atoms with van der Waals surface area (Å²) < 4.78 is 6.64. The lowest BCUT2D eigenvalue weighted by atomic mass is 10.2. The molecule has 0 aliphatic heterocycles. The predicted molar refractivity (Wildman–Crippen MR) is 125 cm³/mol. The van der Waals surface area contributed by atoms with Crippen molar-refractivity contribution in [1.29, 1.82) is 0 Å². The van der Waals surface area contributed by atoms with Crippen LogP contribution in [0.2, 0.25) is 5.02 Å². The Labute approximate surface area is 190 Å². The second-order valence-electron chi connectivity index (χ2n) is 6.80. The summed E-state index contributed by atoms with van der Waals surface area (Å²) in [5.74, 6) is 1.12. The zero-order valence-electron chi connectivity index (χ0n) is 17.3. The number of methoxy groups -OCH3 is 1. The number of hydrogen-bond acceptors (Lipinski definition) is 6. The Morgan fingerprint density at radius 2 is 1.94 bits per heavy atom. The van der Waals surface area contributed by atoms with Gasteiger partial charge in [0.25, 0.3) is 5.91 Å². The Morgan fingerprint density at radius 1 is 1.12 bits per heavy atom. The largest absolute Gasteiger partial charge is 0.496 e. The molecule has 2 aromatic carbocycles. The monoisotopic (exact) mass is 445 g/mol. The van der Waals surface area contributed by atoms with E-state index in [0.29, 0.717) is 28.9 Å². The fraction of sp³-hybridized carbons (Fsp3) is 0.0833. The van der Waals surface area contributed by atoms with Crippen molar-refractivity contribution >= 4 is 29.5 Å². The van der Waals surface area contributed by atoms with E-state index in [1.807, 2.05) is 42.5 Å². The molecule has 32 heavy (non-hydrogen) atoms. The van der Waals surface area contributed by atoms with Crippen molar-refractivity contribution in [2.45, 2.75) is 6.54 Å². The van der Waals surface area contributed by atoms with Crippen LogP contribution in [-0.4, -0.2) is 32.8 Å². The fourth-order valence-electron chi connectivity index (χ4n) is 3.03. The topological polar surface area (TPSA) is 81.9 Å². The first-order valence-corrected chi connectivity index (χ1v) is 10.2. The molecule has 0 atom stereocenters. The second-order valence-corrected chi connectivity index (χ2v) is 7.24. The number of rotatable bonds is 7. The molecule has 0 saturated heterocycles. The van der Waals surface area contributed by atoms with Crippen molar-refractivity contribution in [1.82, 2.24) is 19.7 Å². The number of allylic oxidation sites excluding steroid dienone is 1. The standard InChI is InChI=1S/C24H20ClN5O2/c1-32-21-7-3-2-5-18(21)16-27-24-28-23(19-6-4-14-26-15-19)29-30(24)22(31)13-10-17-8-11-20(25)12-9-17/h2-15H,16H2,1H3,(H,27,28,29). The summed E-state index contributed by atoms with van der Waals surface area (Å²) >= 11 is 5.92. The smallest absolute Gasteiger partial charge is 0.274 e. The van der Waals surface area contributed by atoms with Gasteiger partial charge in [0.1, 0.15) is 5.75 Å². The normalized spacial score (nSPS) is 10.9. The van der Waals surface area contributed by atoms with Crippen molar-refractivity contribution in [3.05, 3.63) is 95.3 Å². The summed E-state index contributed by atoms with van der Waals surface area (Å²) in [6.07, 6.45) is 6.46. The lowest BCUT2D eigenvalue weighted by molar-refractivity contribution is 0.0957. The molecular weight excluding hydrogens is 426 g/mol. The van der Waals surface area contributed by atoms with E-state index < -0.39 is 0 Å². The number of aromatic nitrogens is 4. The SMILES string of the molecule is COc1ccccc1CNc1nc(-c2cccnc2)nn1C(=O)C=Cc1ccc(Cl)cc1. The number of carbonyl (C=O) groups is 1. The Kier molecular flexibility index (Phi) is 6.57. The molecule has 0 fully saturated rings. The Morgan fingerprint density at radius 3 is 2.69 bits per heavy atom. The summed E-state index contributed by atoms with van der Waals surface area (Å²) in [7, 11) is 1.62. The van der Waals surface area contributed by atoms with E-state index in [4.69, 9.17) is 16.3 Å². The van der Waals surface area contributed by atoms with Crippen LogP contribution in [0, 0.1) is 0 Å². The number of anilines is 1. The van der Waals surface area contributed by atoms with E-state index in [1.165, 1.54) is 10.8 Å². The average molecular weight is 446 g/mol. The fourth-order valence-corrected chi connectivity index (χ4v) is 3.16. The van der Waals surface area contributed by atoms with Crippen molar-refractivity contribution < 1.29 is 9.53 Å². The average Bonchev–Trinajstić information content (AvgIpc) is 3.27. The summed E-state index contributed by atoms with van der Waals surface area (Å²) in [6, 6.07) is 18.5. The van der Waals surface area contributed by atoms with E-state index in [-0.39, 0.29) is 5.91 Å². The number of ether oxygens (including phenoxy) is 1. The van der Waals surface area contributed by atoms with Crippen LogP contribution >= 0.6 is 11.6 Å². The van der Waals surface area contributed by atoms with Crippen molar-refractivity contribution in [3.63, 3.8) is 0 Å². The summed E-state index contributed by atoms with van der Waals surface area (Å²) in [6.45, 7) is 0.406. The highest BCUT2D eigenvalue weighted by molar-refractivity contribution is 6.30. The third-order valence-corrected chi connectivity index (χ3v) is 4.91. The first kappa shape index (κ1) is 21.3. The molecule has 0 aliphatic rings. The first-order valence-electron chi connectivity index (χ1n) is 9.85. The van der Waals surface area contributed by atoms with Gasteiger partial charge in [0.2, 0.25) is 5.95 Å². The molecule has 0 bridgehead atoms. The third kappa shape index (κ3) is 5.01. The molecule has 4 rings (SSSR count). The van der Waals surface area contributed by atoms with Gasteiger partial charge in [-0.15, -0.1) is 5.10 Å². The molecule has 160 valence electrons. The maximum Gasteiger partial charge on any atom is 0.274 e. The number of nitrogens with one attached hydrogen (secondary N) is 1. The Hall–Kier alpha value is -3.97. The maximum absolute atomic E-state index is 13.0. The van der Waals surface area contributed by atoms with Gasteiger partial charge in [-0.3, -0.25) is 9.78 Å². The van der Waals surface area contributed by atoms with Gasteiger partial charge in [-0.25, -0.2) is 0 Å². The number of pyridine rings is 1. The third-order valence-electron chi connectivity index (χ3n) is 4.65. The second kappa shape index (κ2) is 9.89. The van der Waals surface area contributed by atoms with Gasteiger partial charge in [-0.05, 0) is 42.0 Å². The quantitative estimate of drug-likeness (QED) is 0.404. The minimum atomic E-state index is -0.342. The summed E-state index contributed by atoms with van der Waals surface area (Å²) in [4.78, 5) is 21.6. The molecule has 1 N–H and O–H groups in total. The van der Waals surface area contributed by atoms with Gasteiger partial charge in [0.15, 0.2) is 5.82 Å². The van der Waals surface area contributed by atoms with Gasteiger partial charge < -0.3 is 10.1 Å². The van der Waals surface area contributed by atoms with Gasteiger partial charge in [0, 0.05) is 41.2 Å². The molecule has 0 saturated carbocycles. The molecule has 4 aromatic rings. The molecule has 0 unspecified atom stereocenters. The van der Waals surface area contributed by atoms with Gasteiger partial charge in [-0.2, -0.15) is 9.67 Å². The summed E-state index contributed by atoms with van der Waals surface area (Å²) in [5.41, 5.74) is 2.48. The van der Waals surface area contributed by atoms with Crippen LogP contribution in [-0.2, 0) is 6.54 Å². The van der Waals surface area contributed by atoms with Crippen molar-refractivity contribution in [2.24, 2.45) is 0 Å². The lowest BCUT2D eigenvalue weighted by Crippen LogP contribution is -2.14. The number of halogens is 1. The lowest BCUT2D eigenvalue weighted by Gasteiger charge is -2.09. The van der Waals surface area contributed by atoms with E-state index in [9.17, 15) is 4.79 Å². The minimum Gasteiger partial charge on any atom is -0.496 e. The Balaban J connectivity index is 1.62. The van der Waals surface area contributed by atoms with Crippen LogP contribution in [0.25, 0.3) is 17.5 Å². The number of hydrogen-bond donors (Lipinski definition) is 1. The molecule has 8 heteroatoms. The van der Waals surface area contributed by atoms with Gasteiger partial charge in [0.05, 0.1) is 7.11 Å². The maximum atomic E-state index is 13.0. The van der Waals surface area contributed by atoms with Gasteiger partial charge >= 0.3 is 0 Å². The number of nitrogens with zero attached hydrogens (tertiary/aromatic N) is 4. The van der Waals surface area contributed by atoms with E-state index in [2.05, 4.69) is 20.4 Å². The van der Waals surface area contributed by atoms with Crippen LogP contribution in [0.1, 0.15) is 15.9 Å². The van der Waals surface area contributed by atoms with Crippen LogP contribution in [0.4, 0.5) is 5.95 Å². The molecule has 0 aliphatic carbocycles. The van der Waals surface area contributed by atoms with Crippen LogP contribution in [0.3, 0.4) is 0 Å². The minimum absolute atomic E-state index is 0.320. The molecule has 2 heterocycles. The van der Waals surface area contributed by atoms with Crippen molar-refractivity contribution in [2.75, 3.05) is 12.4 Å². The van der Waals surface area contributed by atoms with Crippen LogP contribution < -0.4 is 10.1 Å². The molecular formula is C24H20ClN5O2. The molecule has 0 amide bonds.